The third kappa shape index (κ3) is 5.09. The highest BCUT2D eigenvalue weighted by atomic mass is 16.5. The summed E-state index contributed by atoms with van der Waals surface area (Å²) < 4.78 is 5.25. The van der Waals surface area contributed by atoms with Gasteiger partial charge in [-0.2, -0.15) is 0 Å². The Morgan fingerprint density at radius 1 is 1.58 bits per heavy atom. The van der Waals surface area contributed by atoms with Crippen molar-refractivity contribution in [3.8, 4) is 0 Å². The monoisotopic (exact) mass is 175 g/mol. The molecule has 0 aliphatic rings. The molecular formula is C8H17NO3. The van der Waals surface area contributed by atoms with Gasteiger partial charge in [0.15, 0.2) is 0 Å². The first kappa shape index (κ1) is 11.4. The van der Waals surface area contributed by atoms with Gasteiger partial charge in [-0.05, 0) is 20.3 Å². The molecule has 0 heterocycles. The van der Waals surface area contributed by atoms with Gasteiger partial charge in [-0.3, -0.25) is 10.0 Å². The average molecular weight is 175 g/mol. The van der Waals surface area contributed by atoms with Gasteiger partial charge in [0, 0.05) is 0 Å². The number of carbonyl (C=O) groups is 1. The predicted octanol–water partition coefficient (Wildman–Crippen LogP) is 1.09. The summed E-state index contributed by atoms with van der Waals surface area (Å²) in [4.78, 5) is 10.6. The summed E-state index contributed by atoms with van der Waals surface area (Å²) >= 11 is 0. The molecule has 0 aromatic rings. The molecule has 0 aliphatic carbocycles. The number of hydrogen-bond donors (Lipinski definition) is 2. The molecule has 0 radical (unpaired) electrons. The number of nitrogens with one attached hydrogen (secondary N) is 1. The third-order valence-corrected chi connectivity index (χ3v) is 1.57. The van der Waals surface area contributed by atoms with E-state index in [-0.39, 0.29) is 12.2 Å². The highest BCUT2D eigenvalue weighted by molar-refractivity contribution is 5.75. The fourth-order valence-corrected chi connectivity index (χ4v) is 0.967. The van der Waals surface area contributed by atoms with E-state index in [0.717, 1.165) is 12.8 Å². The van der Waals surface area contributed by atoms with E-state index in [9.17, 15) is 4.79 Å². The van der Waals surface area contributed by atoms with Crippen molar-refractivity contribution < 1.29 is 14.7 Å². The Hall–Kier alpha value is -0.610. The zero-order chi connectivity index (χ0) is 9.61. The molecule has 2 N–H and O–H groups in total. The van der Waals surface area contributed by atoms with Gasteiger partial charge in [-0.1, -0.05) is 13.3 Å². The minimum atomic E-state index is -0.515. The number of amides is 1. The smallest absolute Gasteiger partial charge is 0.269 e. The Morgan fingerprint density at radius 3 is 2.58 bits per heavy atom. The zero-order valence-electron chi connectivity index (χ0n) is 7.89. The first-order chi connectivity index (χ1) is 5.52. The van der Waals surface area contributed by atoms with Crippen LogP contribution in [-0.2, 0) is 9.53 Å². The number of carbonyl (C=O) groups excluding carboxylic acids is 1. The largest absolute Gasteiger partial charge is 0.366 e. The van der Waals surface area contributed by atoms with Crippen LogP contribution in [0.3, 0.4) is 0 Å². The van der Waals surface area contributed by atoms with Crippen LogP contribution in [0, 0.1) is 0 Å². The van der Waals surface area contributed by atoms with Gasteiger partial charge >= 0.3 is 0 Å². The third-order valence-electron chi connectivity index (χ3n) is 1.57. The summed E-state index contributed by atoms with van der Waals surface area (Å²) in [6.45, 7) is 5.79. The zero-order valence-corrected chi connectivity index (χ0v) is 7.89. The van der Waals surface area contributed by atoms with Crippen molar-refractivity contribution in [1.29, 1.82) is 0 Å². The van der Waals surface area contributed by atoms with Crippen molar-refractivity contribution in [3.63, 3.8) is 0 Å². The van der Waals surface area contributed by atoms with Crippen molar-refractivity contribution in [1.82, 2.24) is 5.48 Å². The maximum Gasteiger partial charge on any atom is 0.269 e. The normalized spacial score (nSPS) is 11.3. The topological polar surface area (TPSA) is 58.6 Å². The number of hydroxylamine groups is 1. The summed E-state index contributed by atoms with van der Waals surface area (Å²) in [5, 5.41) is 8.18. The van der Waals surface area contributed by atoms with E-state index in [1.165, 1.54) is 5.48 Å². The fourth-order valence-electron chi connectivity index (χ4n) is 0.967. The number of ether oxygens (including phenoxy) is 1. The maximum atomic E-state index is 10.6. The quantitative estimate of drug-likeness (QED) is 0.485. The van der Waals surface area contributed by atoms with E-state index in [2.05, 4.69) is 6.92 Å². The van der Waals surface area contributed by atoms with Crippen molar-refractivity contribution in [3.05, 3.63) is 0 Å². The Bertz CT molecular complexity index is 145. The van der Waals surface area contributed by atoms with Crippen molar-refractivity contribution in [2.75, 3.05) is 6.61 Å². The predicted molar refractivity (Wildman–Crippen MR) is 44.9 cm³/mol. The summed E-state index contributed by atoms with van der Waals surface area (Å²) in [5.74, 6) is -0.515. The molecule has 0 fully saturated rings. The van der Waals surface area contributed by atoms with Crippen LogP contribution in [0.2, 0.25) is 0 Å². The lowest BCUT2D eigenvalue weighted by Gasteiger charge is -2.23. The van der Waals surface area contributed by atoms with Gasteiger partial charge in [0.2, 0.25) is 0 Å². The molecule has 0 spiro atoms. The minimum Gasteiger partial charge on any atom is -0.366 e. The van der Waals surface area contributed by atoms with E-state index in [0.29, 0.717) is 0 Å². The summed E-state index contributed by atoms with van der Waals surface area (Å²) in [6.07, 6.45) is 1.90. The van der Waals surface area contributed by atoms with Crippen molar-refractivity contribution in [2.24, 2.45) is 0 Å². The molecule has 0 aromatic heterocycles. The highest BCUT2D eigenvalue weighted by Crippen LogP contribution is 2.15. The average Bonchev–Trinajstić information content (AvgIpc) is 2.00. The molecule has 0 aliphatic heterocycles. The molecule has 1 amide bonds. The van der Waals surface area contributed by atoms with Gasteiger partial charge in [0.25, 0.3) is 5.91 Å². The van der Waals surface area contributed by atoms with Gasteiger partial charge < -0.3 is 4.74 Å². The SMILES string of the molecule is CCCC(C)(C)OCC(=O)NO. The second-order valence-corrected chi connectivity index (χ2v) is 3.33. The minimum absolute atomic E-state index is 0.0938. The van der Waals surface area contributed by atoms with E-state index in [4.69, 9.17) is 9.94 Å². The van der Waals surface area contributed by atoms with E-state index >= 15 is 0 Å². The van der Waals surface area contributed by atoms with Crippen LogP contribution in [0.4, 0.5) is 0 Å². The molecule has 0 saturated carbocycles. The van der Waals surface area contributed by atoms with Crippen LogP contribution < -0.4 is 5.48 Å². The molecule has 0 atom stereocenters. The van der Waals surface area contributed by atoms with Crippen LogP contribution in [0.1, 0.15) is 33.6 Å². The molecule has 0 aromatic carbocycles. The molecule has 0 bridgehead atoms. The van der Waals surface area contributed by atoms with Crippen LogP contribution in [0.25, 0.3) is 0 Å². The second kappa shape index (κ2) is 5.11. The van der Waals surface area contributed by atoms with Crippen molar-refractivity contribution >= 4 is 5.91 Å². The molecule has 0 unspecified atom stereocenters. The summed E-state index contributed by atoms with van der Waals surface area (Å²) in [6, 6.07) is 0. The first-order valence-electron chi connectivity index (χ1n) is 4.08. The summed E-state index contributed by atoms with van der Waals surface area (Å²) in [5.41, 5.74) is 1.23. The lowest BCUT2D eigenvalue weighted by molar-refractivity contribution is -0.139. The standard InChI is InChI=1S/C8H17NO3/c1-4-5-8(2,3)12-6-7(10)9-11/h11H,4-6H2,1-3H3,(H,9,10). The lowest BCUT2D eigenvalue weighted by atomic mass is 10.0. The van der Waals surface area contributed by atoms with E-state index < -0.39 is 5.91 Å². The highest BCUT2D eigenvalue weighted by Gasteiger charge is 2.18. The molecule has 0 rings (SSSR count). The van der Waals surface area contributed by atoms with Crippen LogP contribution >= 0.6 is 0 Å². The van der Waals surface area contributed by atoms with Crippen molar-refractivity contribution in [2.45, 2.75) is 39.2 Å². The summed E-state index contributed by atoms with van der Waals surface area (Å²) in [7, 11) is 0. The molecule has 4 heteroatoms. The Labute approximate surface area is 72.9 Å². The van der Waals surface area contributed by atoms with Crippen LogP contribution in [0.15, 0.2) is 0 Å². The lowest BCUT2D eigenvalue weighted by Crippen LogP contribution is -2.32. The molecule has 72 valence electrons. The van der Waals surface area contributed by atoms with Crippen LogP contribution in [0.5, 0.6) is 0 Å². The number of rotatable bonds is 5. The maximum absolute atomic E-state index is 10.6. The molecule has 4 nitrogen and oxygen atoms in total. The van der Waals surface area contributed by atoms with Gasteiger partial charge in [0.05, 0.1) is 5.60 Å². The van der Waals surface area contributed by atoms with E-state index in [1.54, 1.807) is 0 Å². The van der Waals surface area contributed by atoms with Gasteiger partial charge in [0.1, 0.15) is 6.61 Å². The molecule has 12 heavy (non-hydrogen) atoms. The number of hydrogen-bond acceptors (Lipinski definition) is 3. The molecular weight excluding hydrogens is 158 g/mol. The Morgan fingerprint density at radius 2 is 2.17 bits per heavy atom. The van der Waals surface area contributed by atoms with E-state index in [1.807, 2.05) is 13.8 Å². The molecule has 0 saturated heterocycles. The van der Waals surface area contributed by atoms with Gasteiger partial charge in [-0.25, -0.2) is 5.48 Å². The van der Waals surface area contributed by atoms with Gasteiger partial charge in [-0.15, -0.1) is 0 Å². The Kier molecular flexibility index (Phi) is 4.85. The fraction of sp³-hybridized carbons (Fsp3) is 0.875. The first-order valence-corrected chi connectivity index (χ1v) is 4.08. The Balaban J connectivity index is 3.67. The second-order valence-electron chi connectivity index (χ2n) is 3.33. The van der Waals surface area contributed by atoms with Crippen LogP contribution in [-0.4, -0.2) is 23.3 Å².